The smallest absolute Gasteiger partial charge is 0.407 e. The molecule has 3 aliphatic rings. The molecule has 2 aliphatic carbocycles. The lowest BCUT2D eigenvalue weighted by Crippen LogP contribution is -2.44. The number of benzene rings is 2. The van der Waals surface area contributed by atoms with Crippen LogP contribution >= 0.6 is 0 Å². The predicted molar refractivity (Wildman–Crippen MR) is 131 cm³/mol. The third-order valence-corrected chi connectivity index (χ3v) is 7.12. The highest BCUT2D eigenvalue weighted by Gasteiger charge is 2.32. The minimum absolute atomic E-state index is 0.00521. The number of ether oxygens (including phenoxy) is 1. The van der Waals surface area contributed by atoms with Crippen LogP contribution in [0.25, 0.3) is 11.1 Å². The van der Waals surface area contributed by atoms with Crippen molar-refractivity contribution in [3.05, 3.63) is 83.5 Å². The van der Waals surface area contributed by atoms with Gasteiger partial charge in [-0.05, 0) is 41.5 Å². The predicted octanol–water partition coefficient (Wildman–Crippen LogP) is 4.10. The van der Waals surface area contributed by atoms with Crippen molar-refractivity contribution < 1.29 is 24.2 Å². The number of nitrogens with zero attached hydrogens (tertiary/aromatic N) is 1. The molecule has 2 atom stereocenters. The molecule has 7 nitrogen and oxygen atoms in total. The van der Waals surface area contributed by atoms with E-state index in [0.29, 0.717) is 37.9 Å². The first-order valence-electron chi connectivity index (χ1n) is 12.0. The highest BCUT2D eigenvalue weighted by molar-refractivity contribution is 5.87. The maximum absolute atomic E-state index is 13.0. The molecular formula is C28H28N2O5. The number of rotatable bonds is 5. The van der Waals surface area contributed by atoms with Crippen molar-refractivity contribution in [3.8, 4) is 11.1 Å². The SMILES string of the molecule is O=C(NC1C=CCC(C(=O)N2CC=C(C(=O)O)CC2)C1)OCC1c2ccccc2-c2ccccc21. The van der Waals surface area contributed by atoms with Crippen LogP contribution in [-0.4, -0.2) is 53.7 Å². The average molecular weight is 473 g/mol. The summed E-state index contributed by atoms with van der Waals surface area (Å²) in [6.07, 6.45) is 6.38. The Morgan fingerprint density at radius 3 is 2.34 bits per heavy atom. The minimum atomic E-state index is -0.926. The van der Waals surface area contributed by atoms with Gasteiger partial charge in [-0.25, -0.2) is 9.59 Å². The Bertz CT molecular complexity index is 1170. The maximum Gasteiger partial charge on any atom is 0.407 e. The van der Waals surface area contributed by atoms with E-state index in [0.717, 1.165) is 11.1 Å². The lowest BCUT2D eigenvalue weighted by molar-refractivity contribution is -0.137. The van der Waals surface area contributed by atoms with Gasteiger partial charge in [-0.2, -0.15) is 0 Å². The Morgan fingerprint density at radius 1 is 1.03 bits per heavy atom. The number of alkyl carbamates (subject to hydrolysis) is 1. The Hall–Kier alpha value is -3.87. The maximum atomic E-state index is 13.0. The molecule has 0 radical (unpaired) electrons. The van der Waals surface area contributed by atoms with E-state index in [1.807, 2.05) is 36.4 Å². The number of nitrogens with one attached hydrogen (secondary N) is 1. The van der Waals surface area contributed by atoms with Crippen molar-refractivity contribution in [2.24, 2.45) is 5.92 Å². The molecule has 0 saturated heterocycles. The quantitative estimate of drug-likeness (QED) is 0.639. The van der Waals surface area contributed by atoms with E-state index < -0.39 is 12.1 Å². The van der Waals surface area contributed by atoms with Gasteiger partial charge >= 0.3 is 12.1 Å². The van der Waals surface area contributed by atoms with Gasteiger partial charge in [0.1, 0.15) is 6.61 Å². The van der Waals surface area contributed by atoms with Gasteiger partial charge in [-0.15, -0.1) is 0 Å². The van der Waals surface area contributed by atoms with Crippen molar-refractivity contribution in [3.63, 3.8) is 0 Å². The molecule has 0 aromatic heterocycles. The van der Waals surface area contributed by atoms with E-state index >= 15 is 0 Å². The zero-order chi connectivity index (χ0) is 24.4. The molecular weight excluding hydrogens is 444 g/mol. The van der Waals surface area contributed by atoms with Gasteiger partial charge in [0.25, 0.3) is 0 Å². The summed E-state index contributed by atoms with van der Waals surface area (Å²) in [5, 5.41) is 12.0. The lowest BCUT2D eigenvalue weighted by atomic mass is 9.89. The minimum Gasteiger partial charge on any atom is -0.478 e. The number of aliphatic carboxylic acids is 1. The largest absolute Gasteiger partial charge is 0.478 e. The molecule has 0 saturated carbocycles. The van der Waals surface area contributed by atoms with E-state index in [1.54, 1.807) is 11.0 Å². The van der Waals surface area contributed by atoms with Crippen LogP contribution in [0.1, 0.15) is 36.3 Å². The van der Waals surface area contributed by atoms with Crippen molar-refractivity contribution >= 4 is 18.0 Å². The fourth-order valence-corrected chi connectivity index (χ4v) is 5.31. The Labute approximate surface area is 204 Å². The summed E-state index contributed by atoms with van der Waals surface area (Å²) in [7, 11) is 0. The summed E-state index contributed by atoms with van der Waals surface area (Å²) < 4.78 is 5.65. The summed E-state index contributed by atoms with van der Waals surface area (Å²) in [6, 6.07) is 16.1. The molecule has 180 valence electrons. The molecule has 2 amide bonds. The fraction of sp³-hybridized carbons (Fsp3) is 0.321. The van der Waals surface area contributed by atoms with Gasteiger partial charge in [-0.3, -0.25) is 4.79 Å². The number of hydrogen-bond donors (Lipinski definition) is 2. The second kappa shape index (κ2) is 9.78. The summed E-state index contributed by atoms with van der Waals surface area (Å²) in [4.78, 5) is 38.4. The third-order valence-electron chi connectivity index (χ3n) is 7.12. The number of carboxylic acid groups (broad SMARTS) is 1. The standard InChI is InChI=1S/C28H28N2O5/c31-26(30-14-12-18(13-15-30)27(32)33)19-6-5-7-20(16-19)29-28(34)35-17-25-23-10-3-1-8-21(23)22-9-2-4-11-24(22)25/h1-5,7-12,19-20,25H,6,13-17H2,(H,29,34)(H,32,33). The number of carbonyl (C=O) groups excluding carboxylic acids is 2. The lowest BCUT2D eigenvalue weighted by Gasteiger charge is -2.31. The number of carboxylic acids is 1. The number of fused-ring (bicyclic) bond motifs is 3. The molecule has 1 heterocycles. The molecule has 0 fully saturated rings. The van der Waals surface area contributed by atoms with Gasteiger partial charge in [0.2, 0.25) is 5.91 Å². The van der Waals surface area contributed by atoms with Crippen LogP contribution in [0.15, 0.2) is 72.3 Å². The summed E-state index contributed by atoms with van der Waals surface area (Å²) >= 11 is 0. The van der Waals surface area contributed by atoms with Crippen LogP contribution in [0.5, 0.6) is 0 Å². The Morgan fingerprint density at radius 2 is 1.71 bits per heavy atom. The molecule has 5 rings (SSSR count). The number of amides is 2. The summed E-state index contributed by atoms with van der Waals surface area (Å²) in [6.45, 7) is 0.956. The van der Waals surface area contributed by atoms with Crippen LogP contribution in [0.4, 0.5) is 4.79 Å². The molecule has 35 heavy (non-hydrogen) atoms. The third kappa shape index (κ3) is 4.71. The topological polar surface area (TPSA) is 95.9 Å². The average Bonchev–Trinajstić information content (AvgIpc) is 3.21. The van der Waals surface area contributed by atoms with Crippen molar-refractivity contribution in [1.82, 2.24) is 10.2 Å². The van der Waals surface area contributed by atoms with Gasteiger partial charge in [0.15, 0.2) is 0 Å². The highest BCUT2D eigenvalue weighted by Crippen LogP contribution is 2.44. The summed E-state index contributed by atoms with van der Waals surface area (Å²) in [5.74, 6) is -1.19. The van der Waals surface area contributed by atoms with Crippen molar-refractivity contribution in [1.29, 1.82) is 0 Å². The zero-order valence-electron chi connectivity index (χ0n) is 19.4. The first-order chi connectivity index (χ1) is 17.0. The monoisotopic (exact) mass is 472 g/mol. The second-order valence-electron chi connectivity index (χ2n) is 9.24. The Kier molecular flexibility index (Phi) is 6.40. The molecule has 2 aromatic carbocycles. The van der Waals surface area contributed by atoms with Crippen molar-refractivity contribution in [2.45, 2.75) is 31.2 Å². The van der Waals surface area contributed by atoms with Crippen LogP contribution in [0.2, 0.25) is 0 Å². The summed E-state index contributed by atoms with van der Waals surface area (Å²) in [5.41, 5.74) is 5.03. The van der Waals surface area contributed by atoms with E-state index in [4.69, 9.17) is 9.84 Å². The van der Waals surface area contributed by atoms with Crippen LogP contribution in [-0.2, 0) is 14.3 Å². The molecule has 1 aliphatic heterocycles. The number of allylic oxidation sites excluding steroid dienone is 1. The molecule has 7 heteroatoms. The molecule has 2 N–H and O–H groups in total. The normalized spacial score (nSPS) is 21.0. The number of hydrogen-bond acceptors (Lipinski definition) is 4. The molecule has 2 aromatic rings. The molecule has 2 unspecified atom stereocenters. The fourth-order valence-electron chi connectivity index (χ4n) is 5.31. The van der Waals surface area contributed by atoms with E-state index in [-0.39, 0.29) is 30.4 Å². The van der Waals surface area contributed by atoms with Crippen molar-refractivity contribution in [2.75, 3.05) is 19.7 Å². The van der Waals surface area contributed by atoms with Crippen LogP contribution < -0.4 is 5.32 Å². The zero-order valence-corrected chi connectivity index (χ0v) is 19.4. The molecule has 0 spiro atoms. The first kappa shape index (κ1) is 22.9. The van der Waals surface area contributed by atoms with Crippen LogP contribution in [0.3, 0.4) is 0 Å². The van der Waals surface area contributed by atoms with E-state index in [9.17, 15) is 14.4 Å². The van der Waals surface area contributed by atoms with Gasteiger partial charge in [-0.1, -0.05) is 66.8 Å². The first-order valence-corrected chi connectivity index (χ1v) is 12.0. The van der Waals surface area contributed by atoms with E-state index in [1.165, 1.54) is 11.1 Å². The van der Waals surface area contributed by atoms with Gasteiger partial charge in [0, 0.05) is 30.5 Å². The van der Waals surface area contributed by atoms with E-state index in [2.05, 4.69) is 29.6 Å². The van der Waals surface area contributed by atoms with Gasteiger partial charge < -0.3 is 20.1 Å². The Balaban J connectivity index is 1.16. The number of carbonyl (C=O) groups is 3. The second-order valence-corrected chi connectivity index (χ2v) is 9.24. The van der Waals surface area contributed by atoms with Crippen LogP contribution in [0, 0.1) is 5.92 Å². The molecule has 0 bridgehead atoms. The highest BCUT2D eigenvalue weighted by atomic mass is 16.5. The van der Waals surface area contributed by atoms with Gasteiger partial charge in [0.05, 0.1) is 6.04 Å².